The summed E-state index contributed by atoms with van der Waals surface area (Å²) < 4.78 is 2.23. The van der Waals surface area contributed by atoms with E-state index in [9.17, 15) is 0 Å². The van der Waals surface area contributed by atoms with Gasteiger partial charge in [-0.15, -0.1) is 10.2 Å². The maximum absolute atomic E-state index is 4.55. The van der Waals surface area contributed by atoms with E-state index >= 15 is 0 Å². The average molecular weight is 242 g/mol. The molecule has 0 aromatic carbocycles. The minimum Gasteiger partial charge on any atom is -0.309 e. The average Bonchev–Trinajstić information content (AvgIpc) is 2.70. The summed E-state index contributed by atoms with van der Waals surface area (Å²) in [6, 6.07) is 6.03. The molecule has 0 saturated carbocycles. The molecular formula is C14H18N4. The molecule has 94 valence electrons. The van der Waals surface area contributed by atoms with E-state index in [4.69, 9.17) is 0 Å². The van der Waals surface area contributed by atoms with Gasteiger partial charge in [-0.05, 0) is 30.9 Å². The predicted molar refractivity (Wildman–Crippen MR) is 70.1 cm³/mol. The van der Waals surface area contributed by atoms with Crippen molar-refractivity contribution in [3.05, 3.63) is 29.7 Å². The zero-order valence-corrected chi connectivity index (χ0v) is 11.1. The van der Waals surface area contributed by atoms with Crippen molar-refractivity contribution < 1.29 is 0 Å². The number of rotatable bonds is 1. The fourth-order valence-corrected chi connectivity index (χ4v) is 2.50. The molecule has 2 aromatic rings. The highest BCUT2D eigenvalue weighted by Crippen LogP contribution is 2.32. The van der Waals surface area contributed by atoms with E-state index < -0.39 is 0 Å². The number of pyridine rings is 1. The molecule has 0 spiro atoms. The van der Waals surface area contributed by atoms with Crippen LogP contribution in [0.15, 0.2) is 18.2 Å². The van der Waals surface area contributed by atoms with Crippen molar-refractivity contribution in [2.75, 3.05) is 0 Å². The Morgan fingerprint density at radius 2 is 2.06 bits per heavy atom. The van der Waals surface area contributed by atoms with Crippen molar-refractivity contribution in [1.82, 2.24) is 19.7 Å². The molecule has 0 aliphatic carbocycles. The van der Waals surface area contributed by atoms with Crippen LogP contribution in [0.1, 0.15) is 31.8 Å². The molecule has 0 radical (unpaired) electrons. The van der Waals surface area contributed by atoms with E-state index in [0.29, 0.717) is 5.41 Å². The van der Waals surface area contributed by atoms with Gasteiger partial charge in [0.25, 0.3) is 0 Å². The Labute approximate surface area is 107 Å². The first-order valence-corrected chi connectivity index (χ1v) is 6.41. The van der Waals surface area contributed by atoms with Crippen molar-refractivity contribution in [2.24, 2.45) is 5.41 Å². The largest absolute Gasteiger partial charge is 0.309 e. The Morgan fingerprint density at radius 1 is 1.22 bits per heavy atom. The highest BCUT2D eigenvalue weighted by molar-refractivity contribution is 5.50. The molecule has 0 atom stereocenters. The van der Waals surface area contributed by atoms with Gasteiger partial charge in [0.15, 0.2) is 5.82 Å². The number of fused-ring (bicyclic) bond motifs is 1. The van der Waals surface area contributed by atoms with Crippen LogP contribution in [0.2, 0.25) is 0 Å². The Kier molecular flexibility index (Phi) is 2.47. The lowest BCUT2D eigenvalue weighted by molar-refractivity contribution is 0.248. The molecule has 0 N–H and O–H groups in total. The maximum atomic E-state index is 4.55. The lowest BCUT2D eigenvalue weighted by Gasteiger charge is -2.30. The summed E-state index contributed by atoms with van der Waals surface area (Å²) in [5.74, 6) is 1.99. The quantitative estimate of drug-likeness (QED) is 0.772. The Balaban J connectivity index is 2.07. The van der Waals surface area contributed by atoms with E-state index in [0.717, 1.165) is 36.0 Å². The molecule has 2 aromatic heterocycles. The van der Waals surface area contributed by atoms with Gasteiger partial charge in [-0.25, -0.2) is 4.98 Å². The number of hydrogen-bond acceptors (Lipinski definition) is 3. The van der Waals surface area contributed by atoms with Gasteiger partial charge in [0.1, 0.15) is 11.5 Å². The third-order valence-electron chi connectivity index (χ3n) is 3.56. The Hall–Kier alpha value is -1.71. The molecule has 4 heteroatoms. The summed E-state index contributed by atoms with van der Waals surface area (Å²) in [6.07, 6.45) is 2.18. The number of nitrogens with zero attached hydrogens (tertiary/aromatic N) is 4. The second-order valence-electron chi connectivity index (χ2n) is 5.85. The summed E-state index contributed by atoms with van der Waals surface area (Å²) in [4.78, 5) is 4.55. The molecule has 1 aliphatic rings. The van der Waals surface area contributed by atoms with Crippen molar-refractivity contribution in [1.29, 1.82) is 0 Å². The normalized spacial score (nSPS) is 17.5. The van der Waals surface area contributed by atoms with Crippen LogP contribution in [0.5, 0.6) is 0 Å². The van der Waals surface area contributed by atoms with Gasteiger partial charge < -0.3 is 4.57 Å². The highest BCUT2D eigenvalue weighted by atomic mass is 15.3. The molecule has 4 nitrogen and oxygen atoms in total. The summed E-state index contributed by atoms with van der Waals surface area (Å²) >= 11 is 0. The van der Waals surface area contributed by atoms with Crippen LogP contribution < -0.4 is 0 Å². The lowest BCUT2D eigenvalue weighted by atomic mass is 9.85. The van der Waals surface area contributed by atoms with Crippen LogP contribution in [0, 0.1) is 12.3 Å². The van der Waals surface area contributed by atoms with Gasteiger partial charge in [-0.2, -0.15) is 0 Å². The molecule has 0 bridgehead atoms. The minimum atomic E-state index is 0.313. The van der Waals surface area contributed by atoms with Crippen molar-refractivity contribution >= 4 is 0 Å². The number of aromatic nitrogens is 4. The SMILES string of the molecule is Cc1cccc(-c2nnc3n2CC(C)(C)CC3)n1. The first kappa shape index (κ1) is 11.4. The molecule has 0 saturated heterocycles. The van der Waals surface area contributed by atoms with E-state index in [2.05, 4.69) is 33.6 Å². The van der Waals surface area contributed by atoms with E-state index in [-0.39, 0.29) is 0 Å². The van der Waals surface area contributed by atoms with Gasteiger partial charge in [0, 0.05) is 18.7 Å². The van der Waals surface area contributed by atoms with Crippen LogP contribution in [-0.2, 0) is 13.0 Å². The molecule has 3 rings (SSSR count). The standard InChI is InChI=1S/C14H18N4/c1-10-5-4-6-11(15-10)13-17-16-12-7-8-14(2,3)9-18(12)13/h4-6H,7-9H2,1-3H3. The minimum absolute atomic E-state index is 0.313. The Morgan fingerprint density at radius 3 is 2.83 bits per heavy atom. The third kappa shape index (κ3) is 1.92. The summed E-state index contributed by atoms with van der Waals surface area (Å²) in [6.45, 7) is 7.56. The van der Waals surface area contributed by atoms with Crippen molar-refractivity contribution in [3.8, 4) is 11.5 Å². The molecule has 1 aliphatic heterocycles. The molecule has 18 heavy (non-hydrogen) atoms. The van der Waals surface area contributed by atoms with Crippen LogP contribution in [0.25, 0.3) is 11.5 Å². The van der Waals surface area contributed by atoms with E-state index in [1.54, 1.807) is 0 Å². The zero-order chi connectivity index (χ0) is 12.8. The van der Waals surface area contributed by atoms with Gasteiger partial charge in [0.2, 0.25) is 0 Å². The predicted octanol–water partition coefficient (Wildman–Crippen LogP) is 2.62. The smallest absolute Gasteiger partial charge is 0.182 e. The Bertz CT molecular complexity index is 583. The molecular weight excluding hydrogens is 224 g/mol. The topological polar surface area (TPSA) is 43.6 Å². The fraction of sp³-hybridized carbons (Fsp3) is 0.500. The number of aryl methyl sites for hydroxylation is 2. The molecule has 0 fully saturated rings. The van der Waals surface area contributed by atoms with Crippen LogP contribution in [0.3, 0.4) is 0 Å². The van der Waals surface area contributed by atoms with E-state index in [1.807, 2.05) is 25.1 Å². The summed E-state index contributed by atoms with van der Waals surface area (Å²) in [7, 11) is 0. The van der Waals surface area contributed by atoms with Crippen molar-refractivity contribution in [2.45, 2.75) is 40.2 Å². The fourth-order valence-electron chi connectivity index (χ4n) is 2.50. The summed E-state index contributed by atoms with van der Waals surface area (Å²) in [5.41, 5.74) is 2.25. The highest BCUT2D eigenvalue weighted by Gasteiger charge is 2.28. The van der Waals surface area contributed by atoms with Gasteiger partial charge in [0.05, 0.1) is 0 Å². The molecule has 0 amide bonds. The third-order valence-corrected chi connectivity index (χ3v) is 3.56. The lowest BCUT2D eigenvalue weighted by Crippen LogP contribution is -2.27. The second kappa shape index (κ2) is 3.90. The van der Waals surface area contributed by atoms with Gasteiger partial charge >= 0.3 is 0 Å². The first-order chi connectivity index (χ1) is 8.55. The zero-order valence-electron chi connectivity index (χ0n) is 11.1. The molecule has 0 unspecified atom stereocenters. The monoisotopic (exact) mass is 242 g/mol. The molecule has 3 heterocycles. The maximum Gasteiger partial charge on any atom is 0.182 e. The van der Waals surface area contributed by atoms with Crippen LogP contribution >= 0.6 is 0 Å². The van der Waals surface area contributed by atoms with E-state index in [1.165, 1.54) is 6.42 Å². The van der Waals surface area contributed by atoms with Crippen LogP contribution in [0.4, 0.5) is 0 Å². The first-order valence-electron chi connectivity index (χ1n) is 6.41. The second-order valence-corrected chi connectivity index (χ2v) is 5.85. The van der Waals surface area contributed by atoms with Crippen molar-refractivity contribution in [3.63, 3.8) is 0 Å². The summed E-state index contributed by atoms with van der Waals surface area (Å²) in [5, 5.41) is 8.63. The van der Waals surface area contributed by atoms with Gasteiger partial charge in [-0.1, -0.05) is 19.9 Å². The number of hydrogen-bond donors (Lipinski definition) is 0. The van der Waals surface area contributed by atoms with Crippen LogP contribution in [-0.4, -0.2) is 19.7 Å². The van der Waals surface area contributed by atoms with Gasteiger partial charge in [-0.3, -0.25) is 0 Å².